The molecule has 9 heteroatoms. The smallest absolute Gasteiger partial charge is 0.359 e. The second-order valence-corrected chi connectivity index (χ2v) is 7.75. The molecule has 1 aromatic carbocycles. The number of rotatable bonds is 11. The molecule has 0 saturated heterocycles. The van der Waals surface area contributed by atoms with Gasteiger partial charge >= 0.3 is 5.97 Å². The van der Waals surface area contributed by atoms with Crippen molar-refractivity contribution in [3.63, 3.8) is 0 Å². The summed E-state index contributed by atoms with van der Waals surface area (Å²) in [6, 6.07) is 15.2. The van der Waals surface area contributed by atoms with E-state index < -0.39 is 5.97 Å². The minimum absolute atomic E-state index is 0.0200. The maximum Gasteiger partial charge on any atom is 0.359 e. The highest BCUT2D eigenvalue weighted by molar-refractivity contribution is 6.30. The average Bonchev–Trinajstić information content (AvgIpc) is 3.14. The van der Waals surface area contributed by atoms with Gasteiger partial charge in [-0.1, -0.05) is 41.9 Å². The summed E-state index contributed by atoms with van der Waals surface area (Å²) in [5.74, 6) is -0.0260. The summed E-state index contributed by atoms with van der Waals surface area (Å²) >= 11 is 6.61. The van der Waals surface area contributed by atoms with Crippen molar-refractivity contribution in [2.75, 3.05) is 19.8 Å². The van der Waals surface area contributed by atoms with E-state index in [1.807, 2.05) is 43.3 Å². The van der Waals surface area contributed by atoms with Crippen molar-refractivity contribution < 1.29 is 14.3 Å². The molecule has 0 amide bonds. The van der Waals surface area contributed by atoms with E-state index >= 15 is 0 Å². The molecule has 1 atom stereocenters. The molecule has 0 aliphatic rings. The Labute approximate surface area is 198 Å². The molecule has 1 unspecified atom stereocenters. The highest BCUT2D eigenvalue weighted by atomic mass is 35.5. The number of carbonyl (C=O) groups excluding carboxylic acids is 1. The first kappa shape index (κ1) is 24.2. The largest absolute Gasteiger partial charge is 0.476 e. The lowest BCUT2D eigenvalue weighted by Crippen LogP contribution is -2.33. The number of carbonyl (C=O) groups is 1. The maximum atomic E-state index is 12.5. The first-order chi connectivity index (χ1) is 16.0. The number of nitrogens with one attached hydrogen (secondary N) is 1. The predicted molar refractivity (Wildman–Crippen MR) is 124 cm³/mol. The Morgan fingerprint density at radius 3 is 2.73 bits per heavy atom. The van der Waals surface area contributed by atoms with Crippen LogP contribution in [-0.4, -0.2) is 46.5 Å². The minimum Gasteiger partial charge on any atom is -0.476 e. The topological polar surface area (TPSA) is 102 Å². The number of nitriles is 1. The van der Waals surface area contributed by atoms with Crippen molar-refractivity contribution in [1.29, 1.82) is 5.26 Å². The molecule has 1 N–H and O–H groups in total. The standard InChI is InChI=1S/C24H26ClN5O3/c1-3-32-24(31)22-20(23(25)30(29-22)15-18-7-5-4-6-8-18)11-12-27-17(2)16-33-21-10-9-19(13-26)14-28-21/h4-10,14,17,27H,3,11-12,15-16H2,1-2H3. The second kappa shape index (κ2) is 12.0. The molecule has 2 heterocycles. The molecular formula is C24H26ClN5O3. The van der Waals surface area contributed by atoms with E-state index in [0.717, 1.165) is 5.56 Å². The van der Waals surface area contributed by atoms with Crippen molar-refractivity contribution in [3.8, 4) is 11.9 Å². The number of nitrogens with zero attached hydrogens (tertiary/aromatic N) is 4. The Morgan fingerprint density at radius 1 is 1.27 bits per heavy atom. The quantitative estimate of drug-likeness (QED) is 0.429. The van der Waals surface area contributed by atoms with E-state index in [4.69, 9.17) is 26.3 Å². The van der Waals surface area contributed by atoms with Crippen LogP contribution in [0.3, 0.4) is 0 Å². The van der Waals surface area contributed by atoms with E-state index in [2.05, 4.69) is 15.4 Å². The Balaban J connectivity index is 1.61. The van der Waals surface area contributed by atoms with Crippen molar-refractivity contribution in [3.05, 3.63) is 76.2 Å². The number of pyridine rings is 1. The predicted octanol–water partition coefficient (Wildman–Crippen LogP) is 3.63. The van der Waals surface area contributed by atoms with E-state index in [1.54, 1.807) is 23.7 Å². The molecule has 0 radical (unpaired) electrons. The summed E-state index contributed by atoms with van der Waals surface area (Å²) in [5.41, 5.74) is 2.41. The normalized spacial score (nSPS) is 11.6. The number of benzene rings is 1. The monoisotopic (exact) mass is 467 g/mol. The first-order valence-electron chi connectivity index (χ1n) is 10.7. The molecule has 3 aromatic rings. The van der Waals surface area contributed by atoms with Crippen molar-refractivity contribution in [2.45, 2.75) is 32.9 Å². The fourth-order valence-corrected chi connectivity index (χ4v) is 3.45. The zero-order valence-corrected chi connectivity index (χ0v) is 19.4. The first-order valence-corrected chi connectivity index (χ1v) is 11.1. The van der Waals surface area contributed by atoms with Gasteiger partial charge in [-0.15, -0.1) is 0 Å². The van der Waals surface area contributed by atoms with Crippen molar-refractivity contribution in [1.82, 2.24) is 20.1 Å². The summed E-state index contributed by atoms with van der Waals surface area (Å²) in [6.07, 6.45) is 1.97. The van der Waals surface area contributed by atoms with Crippen LogP contribution >= 0.6 is 11.6 Å². The Hall–Kier alpha value is -3.41. The molecular weight excluding hydrogens is 442 g/mol. The summed E-state index contributed by atoms with van der Waals surface area (Å²) in [4.78, 5) is 16.6. The fourth-order valence-electron chi connectivity index (χ4n) is 3.17. The summed E-state index contributed by atoms with van der Waals surface area (Å²) < 4.78 is 12.5. The van der Waals surface area contributed by atoms with Gasteiger partial charge in [-0.05, 0) is 38.4 Å². The number of aromatic nitrogens is 3. The Kier molecular flexibility index (Phi) is 8.81. The van der Waals surface area contributed by atoms with E-state index in [-0.39, 0.29) is 18.3 Å². The highest BCUT2D eigenvalue weighted by Crippen LogP contribution is 2.23. The van der Waals surface area contributed by atoms with Crippen LogP contribution in [0, 0.1) is 11.3 Å². The fraction of sp³-hybridized carbons (Fsp3) is 0.333. The molecule has 0 bridgehead atoms. The minimum atomic E-state index is -0.482. The van der Waals surface area contributed by atoms with E-state index in [9.17, 15) is 4.79 Å². The molecule has 0 spiro atoms. The third-order valence-electron chi connectivity index (χ3n) is 4.84. The van der Waals surface area contributed by atoms with Gasteiger partial charge in [0.2, 0.25) is 5.88 Å². The molecule has 33 heavy (non-hydrogen) atoms. The zero-order chi connectivity index (χ0) is 23.6. The second-order valence-electron chi connectivity index (χ2n) is 7.39. The van der Waals surface area contributed by atoms with E-state index in [0.29, 0.717) is 48.3 Å². The van der Waals surface area contributed by atoms with E-state index in [1.165, 1.54) is 6.20 Å². The molecule has 0 saturated carbocycles. The van der Waals surface area contributed by atoms with Gasteiger partial charge in [-0.3, -0.25) is 0 Å². The van der Waals surface area contributed by atoms with Crippen LogP contribution in [0.4, 0.5) is 0 Å². The number of ether oxygens (including phenoxy) is 2. The van der Waals surface area contributed by atoms with Crippen molar-refractivity contribution in [2.24, 2.45) is 0 Å². The molecule has 2 aromatic heterocycles. The Bertz CT molecular complexity index is 1090. The van der Waals surface area contributed by atoms with Crippen LogP contribution in [0.5, 0.6) is 5.88 Å². The zero-order valence-electron chi connectivity index (χ0n) is 18.6. The molecule has 3 rings (SSSR count). The molecule has 172 valence electrons. The summed E-state index contributed by atoms with van der Waals surface area (Å²) in [5, 5.41) is 17.0. The number of halogens is 1. The molecule has 0 aliphatic carbocycles. The summed E-state index contributed by atoms with van der Waals surface area (Å²) in [6.45, 7) is 5.42. The molecule has 8 nitrogen and oxygen atoms in total. The van der Waals surface area contributed by atoms with Crippen LogP contribution in [0.15, 0.2) is 48.7 Å². The van der Waals surface area contributed by atoms with Gasteiger partial charge in [-0.25, -0.2) is 14.5 Å². The van der Waals surface area contributed by atoms with Gasteiger partial charge in [-0.2, -0.15) is 10.4 Å². The number of esters is 1. The summed E-state index contributed by atoms with van der Waals surface area (Å²) in [7, 11) is 0. The van der Waals surface area contributed by atoms with Gasteiger partial charge in [0.1, 0.15) is 17.8 Å². The highest BCUT2D eigenvalue weighted by Gasteiger charge is 2.23. The van der Waals surface area contributed by atoms with Crippen LogP contribution in [0.2, 0.25) is 5.15 Å². The van der Waals surface area contributed by atoms with Gasteiger partial charge < -0.3 is 14.8 Å². The maximum absolute atomic E-state index is 12.5. The van der Waals surface area contributed by atoms with Crippen LogP contribution < -0.4 is 10.1 Å². The van der Waals surface area contributed by atoms with Gasteiger partial charge in [0.25, 0.3) is 0 Å². The number of hydrogen-bond acceptors (Lipinski definition) is 7. The molecule has 0 aliphatic heterocycles. The van der Waals surface area contributed by atoms with Crippen LogP contribution in [-0.2, 0) is 17.7 Å². The van der Waals surface area contributed by atoms with Gasteiger partial charge in [0, 0.05) is 23.9 Å². The lowest BCUT2D eigenvalue weighted by molar-refractivity contribution is 0.0517. The third kappa shape index (κ3) is 6.78. The van der Waals surface area contributed by atoms with Gasteiger partial charge in [0.05, 0.1) is 18.7 Å². The van der Waals surface area contributed by atoms with Gasteiger partial charge in [0.15, 0.2) is 5.69 Å². The van der Waals surface area contributed by atoms with Crippen LogP contribution in [0.1, 0.15) is 41.0 Å². The van der Waals surface area contributed by atoms with Crippen molar-refractivity contribution >= 4 is 17.6 Å². The lowest BCUT2D eigenvalue weighted by Gasteiger charge is -2.14. The number of hydrogen-bond donors (Lipinski definition) is 1. The Morgan fingerprint density at radius 2 is 2.06 bits per heavy atom. The third-order valence-corrected chi connectivity index (χ3v) is 5.26. The molecule has 0 fully saturated rings. The average molecular weight is 468 g/mol. The van der Waals surface area contributed by atoms with Crippen LogP contribution in [0.25, 0.3) is 0 Å². The lowest BCUT2D eigenvalue weighted by atomic mass is 10.1. The SMILES string of the molecule is CCOC(=O)c1nn(Cc2ccccc2)c(Cl)c1CCNC(C)COc1ccc(C#N)cn1.